The van der Waals surface area contributed by atoms with Gasteiger partial charge in [0.1, 0.15) is 0 Å². The van der Waals surface area contributed by atoms with E-state index in [2.05, 4.69) is 30.5 Å². The molecule has 1 saturated heterocycles. The Morgan fingerprint density at radius 3 is 2.37 bits per heavy atom. The van der Waals surface area contributed by atoms with Crippen molar-refractivity contribution in [2.24, 2.45) is 0 Å². The van der Waals surface area contributed by atoms with Crippen molar-refractivity contribution in [2.75, 3.05) is 48.3 Å². The zero-order valence-corrected chi connectivity index (χ0v) is 11.4. The molecule has 1 fully saturated rings. The van der Waals surface area contributed by atoms with Gasteiger partial charge in [0.05, 0.1) is 6.61 Å². The third kappa shape index (κ3) is 3.92. The minimum Gasteiger partial charge on any atom is -0.395 e. The minimum atomic E-state index is 0.0568. The maximum absolute atomic E-state index is 8.86. The fourth-order valence-corrected chi connectivity index (χ4v) is 2.08. The van der Waals surface area contributed by atoms with Crippen molar-refractivity contribution >= 4 is 17.8 Å². The van der Waals surface area contributed by atoms with E-state index in [0.717, 1.165) is 19.6 Å². The lowest BCUT2D eigenvalue weighted by molar-refractivity contribution is 0.311. The Hall–Kier alpha value is -1.63. The molecule has 1 aromatic heterocycles. The fraction of sp³-hybridized carbons (Fsp3) is 0.750. The van der Waals surface area contributed by atoms with Crippen LogP contribution in [0.5, 0.6) is 0 Å². The van der Waals surface area contributed by atoms with E-state index >= 15 is 0 Å². The maximum Gasteiger partial charge on any atom is 0.231 e. The lowest BCUT2D eigenvalue weighted by Gasteiger charge is -2.27. The Balaban J connectivity index is 2.17. The van der Waals surface area contributed by atoms with E-state index in [4.69, 9.17) is 5.11 Å². The first-order valence-corrected chi connectivity index (χ1v) is 6.93. The highest BCUT2D eigenvalue weighted by molar-refractivity contribution is 5.44. The van der Waals surface area contributed by atoms with Crippen molar-refractivity contribution in [1.82, 2.24) is 15.0 Å². The highest BCUT2D eigenvalue weighted by atomic mass is 16.3. The predicted molar refractivity (Wildman–Crippen MR) is 75.6 cm³/mol. The maximum atomic E-state index is 8.86. The molecule has 2 heterocycles. The van der Waals surface area contributed by atoms with Crippen LogP contribution in [-0.4, -0.2) is 52.8 Å². The van der Waals surface area contributed by atoms with Crippen LogP contribution < -0.4 is 15.5 Å². The van der Waals surface area contributed by atoms with Gasteiger partial charge < -0.3 is 20.6 Å². The number of nitrogens with zero attached hydrogens (tertiary/aromatic N) is 4. The number of hydrogen-bond acceptors (Lipinski definition) is 7. The van der Waals surface area contributed by atoms with E-state index in [1.807, 2.05) is 6.92 Å². The van der Waals surface area contributed by atoms with Crippen LogP contribution in [0, 0.1) is 0 Å². The average Bonchev–Trinajstić information content (AvgIpc) is 2.46. The van der Waals surface area contributed by atoms with Crippen molar-refractivity contribution in [3.63, 3.8) is 0 Å². The molecule has 0 bridgehead atoms. The molecule has 0 unspecified atom stereocenters. The van der Waals surface area contributed by atoms with Crippen LogP contribution in [0.15, 0.2) is 0 Å². The molecule has 0 aromatic carbocycles. The first kappa shape index (κ1) is 13.8. The summed E-state index contributed by atoms with van der Waals surface area (Å²) in [5, 5.41) is 15.0. The summed E-state index contributed by atoms with van der Waals surface area (Å²) in [4.78, 5) is 15.3. The second kappa shape index (κ2) is 7.08. The summed E-state index contributed by atoms with van der Waals surface area (Å²) >= 11 is 0. The molecule has 2 rings (SSSR count). The molecule has 1 aliphatic rings. The average molecular weight is 266 g/mol. The normalized spacial score (nSPS) is 15.4. The van der Waals surface area contributed by atoms with E-state index in [1.54, 1.807) is 0 Å². The summed E-state index contributed by atoms with van der Waals surface area (Å²) < 4.78 is 0. The first-order chi connectivity index (χ1) is 9.33. The van der Waals surface area contributed by atoms with Gasteiger partial charge in [-0.1, -0.05) is 0 Å². The molecule has 0 atom stereocenters. The molecule has 106 valence electrons. The van der Waals surface area contributed by atoms with Gasteiger partial charge in [0.2, 0.25) is 17.8 Å². The topological polar surface area (TPSA) is 86.2 Å². The van der Waals surface area contributed by atoms with E-state index in [1.165, 1.54) is 19.3 Å². The van der Waals surface area contributed by atoms with E-state index in [-0.39, 0.29) is 6.61 Å². The number of aromatic nitrogens is 3. The fourth-order valence-electron chi connectivity index (χ4n) is 2.08. The van der Waals surface area contributed by atoms with Gasteiger partial charge in [-0.15, -0.1) is 0 Å². The van der Waals surface area contributed by atoms with Gasteiger partial charge in [0.15, 0.2) is 0 Å². The van der Waals surface area contributed by atoms with E-state index < -0.39 is 0 Å². The van der Waals surface area contributed by atoms with Crippen LogP contribution >= 0.6 is 0 Å². The molecule has 0 saturated carbocycles. The van der Waals surface area contributed by atoms with Crippen molar-refractivity contribution in [3.8, 4) is 0 Å². The van der Waals surface area contributed by atoms with Gasteiger partial charge in [-0.25, -0.2) is 0 Å². The van der Waals surface area contributed by atoms with Gasteiger partial charge in [0, 0.05) is 26.2 Å². The molecule has 3 N–H and O–H groups in total. The van der Waals surface area contributed by atoms with Crippen LogP contribution in [-0.2, 0) is 0 Å². The zero-order valence-electron chi connectivity index (χ0n) is 11.4. The number of hydrogen-bond donors (Lipinski definition) is 3. The van der Waals surface area contributed by atoms with Crippen LogP contribution in [0.25, 0.3) is 0 Å². The monoisotopic (exact) mass is 266 g/mol. The Morgan fingerprint density at radius 2 is 1.74 bits per heavy atom. The highest BCUT2D eigenvalue weighted by Crippen LogP contribution is 2.18. The highest BCUT2D eigenvalue weighted by Gasteiger charge is 2.15. The lowest BCUT2D eigenvalue weighted by atomic mass is 10.1. The summed E-state index contributed by atoms with van der Waals surface area (Å²) in [6.07, 6.45) is 3.64. The molecule has 19 heavy (non-hydrogen) atoms. The smallest absolute Gasteiger partial charge is 0.231 e. The largest absolute Gasteiger partial charge is 0.395 e. The van der Waals surface area contributed by atoms with Crippen molar-refractivity contribution in [3.05, 3.63) is 0 Å². The molecule has 0 amide bonds. The van der Waals surface area contributed by atoms with Crippen LogP contribution in [0.3, 0.4) is 0 Å². The van der Waals surface area contributed by atoms with Crippen molar-refractivity contribution < 1.29 is 5.11 Å². The number of piperidine rings is 1. The summed E-state index contributed by atoms with van der Waals surface area (Å²) in [5.74, 6) is 1.81. The van der Waals surface area contributed by atoms with Gasteiger partial charge in [0.25, 0.3) is 0 Å². The Morgan fingerprint density at radius 1 is 1.05 bits per heavy atom. The molecule has 1 aromatic rings. The third-order valence-corrected chi connectivity index (χ3v) is 2.99. The minimum absolute atomic E-state index is 0.0568. The SMILES string of the molecule is CCNc1nc(NCCO)nc(N2CCCCC2)n1. The number of aliphatic hydroxyl groups is 1. The summed E-state index contributed by atoms with van der Waals surface area (Å²) in [6, 6.07) is 0. The molecule has 1 aliphatic heterocycles. The predicted octanol–water partition coefficient (Wildman–Crippen LogP) is 0.698. The zero-order chi connectivity index (χ0) is 13.5. The van der Waals surface area contributed by atoms with Gasteiger partial charge in [-0.2, -0.15) is 15.0 Å². The van der Waals surface area contributed by atoms with Gasteiger partial charge in [-0.05, 0) is 26.2 Å². The lowest BCUT2D eigenvalue weighted by Crippen LogP contribution is -2.31. The third-order valence-electron chi connectivity index (χ3n) is 2.99. The first-order valence-electron chi connectivity index (χ1n) is 6.93. The van der Waals surface area contributed by atoms with Gasteiger partial charge >= 0.3 is 0 Å². The Kier molecular flexibility index (Phi) is 5.14. The van der Waals surface area contributed by atoms with Gasteiger partial charge in [-0.3, -0.25) is 0 Å². The van der Waals surface area contributed by atoms with E-state index in [9.17, 15) is 0 Å². The molecular weight excluding hydrogens is 244 g/mol. The number of nitrogens with one attached hydrogen (secondary N) is 2. The second-order valence-electron chi connectivity index (χ2n) is 4.51. The molecule has 0 aliphatic carbocycles. The second-order valence-corrected chi connectivity index (χ2v) is 4.51. The summed E-state index contributed by atoms with van der Waals surface area (Å²) in [6.45, 7) is 5.26. The Bertz CT molecular complexity index is 394. The van der Waals surface area contributed by atoms with Crippen LogP contribution in [0.2, 0.25) is 0 Å². The van der Waals surface area contributed by atoms with Crippen LogP contribution in [0.4, 0.5) is 17.8 Å². The molecule has 7 nitrogen and oxygen atoms in total. The van der Waals surface area contributed by atoms with Crippen molar-refractivity contribution in [2.45, 2.75) is 26.2 Å². The number of anilines is 3. The van der Waals surface area contributed by atoms with Crippen molar-refractivity contribution in [1.29, 1.82) is 0 Å². The Labute approximate surface area is 113 Å². The number of rotatable bonds is 6. The van der Waals surface area contributed by atoms with E-state index in [0.29, 0.717) is 24.4 Å². The molecular formula is C12H22N6O. The number of aliphatic hydroxyl groups excluding tert-OH is 1. The molecule has 7 heteroatoms. The standard InChI is InChI=1S/C12H22N6O/c1-2-13-10-15-11(14-6-9-19)17-12(16-10)18-7-4-3-5-8-18/h19H,2-9H2,1H3,(H2,13,14,15,16,17). The summed E-state index contributed by atoms with van der Waals surface area (Å²) in [7, 11) is 0. The quantitative estimate of drug-likeness (QED) is 0.698. The molecule has 0 radical (unpaired) electrons. The summed E-state index contributed by atoms with van der Waals surface area (Å²) in [5.41, 5.74) is 0. The van der Waals surface area contributed by atoms with Crippen LogP contribution in [0.1, 0.15) is 26.2 Å². The molecule has 0 spiro atoms.